The number of hydrogen-bond acceptors (Lipinski definition) is 2. The Morgan fingerprint density at radius 2 is 2.00 bits per heavy atom. The summed E-state index contributed by atoms with van der Waals surface area (Å²) in [6.07, 6.45) is 8.11. The molecule has 2 N–H and O–H groups in total. The first-order valence-electron chi connectivity index (χ1n) is 5.65. The van der Waals surface area contributed by atoms with Gasteiger partial charge in [0.1, 0.15) is 0 Å². The van der Waals surface area contributed by atoms with Gasteiger partial charge in [0.15, 0.2) is 0 Å². The summed E-state index contributed by atoms with van der Waals surface area (Å²) >= 11 is 0. The Morgan fingerprint density at radius 1 is 1.23 bits per heavy atom. The van der Waals surface area contributed by atoms with Crippen LogP contribution in [0.2, 0.25) is 0 Å². The lowest BCUT2D eigenvalue weighted by atomic mass is 9.65. The molecule has 0 spiro atoms. The molecule has 2 fully saturated rings. The van der Waals surface area contributed by atoms with Gasteiger partial charge >= 0.3 is 0 Å². The third kappa shape index (κ3) is 1.75. The van der Waals surface area contributed by atoms with Crippen LogP contribution in [0.4, 0.5) is 0 Å². The van der Waals surface area contributed by atoms with Gasteiger partial charge in [-0.15, -0.1) is 0 Å². The first-order valence-corrected chi connectivity index (χ1v) is 5.65. The van der Waals surface area contributed by atoms with Gasteiger partial charge in [-0.2, -0.15) is 0 Å². The molecule has 0 bridgehead atoms. The highest BCUT2D eigenvalue weighted by Gasteiger charge is 2.40. The fourth-order valence-electron chi connectivity index (χ4n) is 3.05. The number of rotatable bonds is 2. The molecular formula is C11H21NO. The average molecular weight is 183 g/mol. The van der Waals surface area contributed by atoms with Gasteiger partial charge in [-0.3, -0.25) is 0 Å². The molecule has 2 heteroatoms. The van der Waals surface area contributed by atoms with E-state index in [2.05, 4.69) is 0 Å². The van der Waals surface area contributed by atoms with Crippen LogP contribution in [0.5, 0.6) is 0 Å². The Kier molecular flexibility index (Phi) is 2.89. The van der Waals surface area contributed by atoms with Gasteiger partial charge < -0.3 is 10.5 Å². The van der Waals surface area contributed by atoms with E-state index in [1.807, 2.05) is 0 Å². The highest BCUT2D eigenvalue weighted by molar-refractivity contribution is 4.91. The van der Waals surface area contributed by atoms with Crippen LogP contribution >= 0.6 is 0 Å². The molecule has 2 aliphatic rings. The Balaban J connectivity index is 2.03. The Hall–Kier alpha value is -0.0800. The van der Waals surface area contributed by atoms with Crippen molar-refractivity contribution in [3.05, 3.63) is 0 Å². The molecule has 0 aromatic carbocycles. The van der Waals surface area contributed by atoms with E-state index >= 15 is 0 Å². The highest BCUT2D eigenvalue weighted by Crippen LogP contribution is 2.44. The van der Waals surface area contributed by atoms with E-state index < -0.39 is 0 Å². The summed E-state index contributed by atoms with van der Waals surface area (Å²) in [5.74, 6) is 0.762. The zero-order valence-corrected chi connectivity index (χ0v) is 8.43. The van der Waals surface area contributed by atoms with Crippen LogP contribution in [0, 0.1) is 11.3 Å². The molecule has 0 radical (unpaired) electrons. The molecule has 1 heterocycles. The SMILES string of the molecule is NCC1(C2CCOC2)CCCCC1. The maximum absolute atomic E-state index is 5.96. The molecule has 1 unspecified atom stereocenters. The summed E-state index contributed by atoms with van der Waals surface area (Å²) in [5.41, 5.74) is 6.42. The molecule has 1 saturated carbocycles. The molecule has 13 heavy (non-hydrogen) atoms. The topological polar surface area (TPSA) is 35.2 Å². The molecule has 1 aliphatic carbocycles. The molecule has 76 valence electrons. The van der Waals surface area contributed by atoms with Crippen molar-refractivity contribution < 1.29 is 4.74 Å². The molecule has 1 atom stereocenters. The van der Waals surface area contributed by atoms with E-state index in [9.17, 15) is 0 Å². The van der Waals surface area contributed by atoms with Gasteiger partial charge in [0, 0.05) is 6.61 Å². The Labute approximate surface area is 80.8 Å². The quantitative estimate of drug-likeness (QED) is 0.710. The molecule has 1 aliphatic heterocycles. The highest BCUT2D eigenvalue weighted by atomic mass is 16.5. The fraction of sp³-hybridized carbons (Fsp3) is 1.00. The van der Waals surface area contributed by atoms with Crippen LogP contribution in [-0.2, 0) is 4.74 Å². The van der Waals surface area contributed by atoms with E-state index in [1.54, 1.807) is 0 Å². The van der Waals surface area contributed by atoms with Crippen LogP contribution in [0.15, 0.2) is 0 Å². The third-order valence-electron chi connectivity index (χ3n) is 4.05. The van der Waals surface area contributed by atoms with Crippen molar-refractivity contribution in [2.24, 2.45) is 17.1 Å². The largest absolute Gasteiger partial charge is 0.381 e. The van der Waals surface area contributed by atoms with E-state index in [1.165, 1.54) is 38.5 Å². The summed E-state index contributed by atoms with van der Waals surface area (Å²) in [5, 5.41) is 0. The van der Waals surface area contributed by atoms with Crippen LogP contribution < -0.4 is 5.73 Å². The van der Waals surface area contributed by atoms with Crippen LogP contribution in [0.25, 0.3) is 0 Å². The van der Waals surface area contributed by atoms with E-state index in [-0.39, 0.29) is 0 Å². The van der Waals surface area contributed by atoms with Crippen molar-refractivity contribution in [3.63, 3.8) is 0 Å². The molecule has 0 amide bonds. The summed E-state index contributed by atoms with van der Waals surface area (Å²) in [7, 11) is 0. The lowest BCUT2D eigenvalue weighted by molar-refractivity contribution is 0.0856. The second-order valence-electron chi connectivity index (χ2n) is 4.69. The van der Waals surface area contributed by atoms with Crippen molar-refractivity contribution >= 4 is 0 Å². The minimum Gasteiger partial charge on any atom is -0.381 e. The van der Waals surface area contributed by atoms with Crippen LogP contribution in [0.3, 0.4) is 0 Å². The second kappa shape index (κ2) is 3.97. The van der Waals surface area contributed by atoms with Gasteiger partial charge in [0.2, 0.25) is 0 Å². The minimum absolute atomic E-state index is 0.453. The Morgan fingerprint density at radius 3 is 2.54 bits per heavy atom. The monoisotopic (exact) mass is 183 g/mol. The third-order valence-corrected chi connectivity index (χ3v) is 4.05. The summed E-state index contributed by atoms with van der Waals surface area (Å²) in [6, 6.07) is 0. The summed E-state index contributed by atoms with van der Waals surface area (Å²) < 4.78 is 5.48. The maximum atomic E-state index is 5.96. The van der Waals surface area contributed by atoms with Crippen molar-refractivity contribution in [2.75, 3.05) is 19.8 Å². The lowest BCUT2D eigenvalue weighted by Crippen LogP contribution is -2.40. The standard InChI is InChI=1S/C11H21NO/c12-9-11(5-2-1-3-6-11)10-4-7-13-8-10/h10H,1-9,12H2. The molecule has 2 nitrogen and oxygen atoms in total. The van der Waals surface area contributed by atoms with Crippen molar-refractivity contribution in [1.82, 2.24) is 0 Å². The molecular weight excluding hydrogens is 162 g/mol. The van der Waals surface area contributed by atoms with Gasteiger partial charge in [0.05, 0.1) is 6.61 Å². The van der Waals surface area contributed by atoms with Gasteiger partial charge in [-0.05, 0) is 37.1 Å². The van der Waals surface area contributed by atoms with Crippen LogP contribution in [0.1, 0.15) is 38.5 Å². The normalized spacial score (nSPS) is 33.5. The maximum Gasteiger partial charge on any atom is 0.0500 e. The molecule has 2 rings (SSSR count). The predicted molar refractivity (Wildman–Crippen MR) is 53.5 cm³/mol. The van der Waals surface area contributed by atoms with Crippen LogP contribution in [-0.4, -0.2) is 19.8 Å². The second-order valence-corrected chi connectivity index (χ2v) is 4.69. The number of ether oxygens (including phenoxy) is 1. The molecule has 0 aromatic rings. The van der Waals surface area contributed by atoms with E-state index in [4.69, 9.17) is 10.5 Å². The van der Waals surface area contributed by atoms with Crippen molar-refractivity contribution in [1.29, 1.82) is 0 Å². The summed E-state index contributed by atoms with van der Waals surface area (Å²) in [6.45, 7) is 2.81. The van der Waals surface area contributed by atoms with Gasteiger partial charge in [-0.25, -0.2) is 0 Å². The van der Waals surface area contributed by atoms with Gasteiger partial charge in [0.25, 0.3) is 0 Å². The first kappa shape index (κ1) is 9.47. The van der Waals surface area contributed by atoms with Crippen molar-refractivity contribution in [2.45, 2.75) is 38.5 Å². The molecule has 0 aromatic heterocycles. The minimum atomic E-state index is 0.453. The average Bonchev–Trinajstić information content (AvgIpc) is 2.72. The number of hydrogen-bond donors (Lipinski definition) is 1. The van der Waals surface area contributed by atoms with Crippen molar-refractivity contribution in [3.8, 4) is 0 Å². The zero-order chi connectivity index (χ0) is 9.15. The summed E-state index contributed by atoms with van der Waals surface area (Å²) in [4.78, 5) is 0. The predicted octanol–water partition coefficient (Wildman–Crippen LogP) is 1.93. The first-order chi connectivity index (χ1) is 6.37. The van der Waals surface area contributed by atoms with Gasteiger partial charge in [-0.1, -0.05) is 19.3 Å². The number of nitrogens with two attached hydrogens (primary N) is 1. The molecule has 1 saturated heterocycles. The zero-order valence-electron chi connectivity index (χ0n) is 8.43. The smallest absolute Gasteiger partial charge is 0.0500 e. The fourth-order valence-corrected chi connectivity index (χ4v) is 3.05. The lowest BCUT2D eigenvalue weighted by Gasteiger charge is -2.40. The van der Waals surface area contributed by atoms with E-state index in [0.29, 0.717) is 5.41 Å². The van der Waals surface area contributed by atoms with E-state index in [0.717, 1.165) is 25.7 Å². The Bertz CT molecular complexity index is 157.